The molecule has 0 bridgehead atoms. The van der Waals surface area contributed by atoms with E-state index in [-0.39, 0.29) is 29.6 Å². The number of imidazole rings is 1. The number of fused-ring (bicyclic) bond motifs is 1. The average molecular weight is 459 g/mol. The molecule has 7 heteroatoms. The van der Waals surface area contributed by atoms with Crippen molar-refractivity contribution in [3.8, 4) is 0 Å². The molecule has 0 fully saturated rings. The predicted molar refractivity (Wildman–Crippen MR) is 115 cm³/mol. The summed E-state index contributed by atoms with van der Waals surface area (Å²) in [5.74, 6) is 1.84. The fourth-order valence-corrected chi connectivity index (χ4v) is 2.44. The Hall–Kier alpha value is -1.35. The van der Waals surface area contributed by atoms with E-state index in [9.17, 15) is 0 Å². The molecule has 2 rings (SSSR count). The van der Waals surface area contributed by atoms with Crippen LogP contribution < -0.4 is 10.6 Å². The number of methoxy groups -OCH3 is 1. The zero-order valence-corrected chi connectivity index (χ0v) is 18.1. The minimum Gasteiger partial charge on any atom is -0.377 e. The molecule has 0 amide bonds. The van der Waals surface area contributed by atoms with E-state index in [4.69, 9.17) is 4.74 Å². The molecule has 0 aliphatic heterocycles. The van der Waals surface area contributed by atoms with Gasteiger partial charge in [-0.15, -0.1) is 24.0 Å². The number of para-hydroxylation sites is 2. The van der Waals surface area contributed by atoms with E-state index in [0.717, 1.165) is 36.9 Å². The maximum atomic E-state index is 5.42. The lowest BCUT2D eigenvalue weighted by Gasteiger charge is -2.21. The van der Waals surface area contributed by atoms with E-state index < -0.39 is 0 Å². The molecule has 1 heterocycles. The first kappa shape index (κ1) is 21.7. The Labute approximate surface area is 167 Å². The summed E-state index contributed by atoms with van der Waals surface area (Å²) in [4.78, 5) is 9.20. The molecule has 1 aromatic heterocycles. The van der Waals surface area contributed by atoms with Gasteiger partial charge in [0.15, 0.2) is 5.96 Å². The standard InChI is InChI=1S/C18H29N5O.HI/c1-6-19-17(21-13-18(3,4)24-5)20-11-12-23-14(2)22-15-9-7-8-10-16(15)23;/h7-10H,6,11-13H2,1-5H3,(H2,19,20,21);1H. The normalized spacial score (nSPS) is 12.1. The fraction of sp³-hybridized carbons (Fsp3) is 0.556. The van der Waals surface area contributed by atoms with Crippen LogP contribution in [0.2, 0.25) is 0 Å². The average Bonchev–Trinajstić information content (AvgIpc) is 2.88. The highest BCUT2D eigenvalue weighted by molar-refractivity contribution is 14.0. The van der Waals surface area contributed by atoms with Crippen LogP contribution in [0.4, 0.5) is 0 Å². The van der Waals surface area contributed by atoms with Crippen LogP contribution in [0.25, 0.3) is 11.0 Å². The Balaban J connectivity index is 0.00000312. The van der Waals surface area contributed by atoms with E-state index in [2.05, 4.69) is 38.2 Å². The van der Waals surface area contributed by atoms with Gasteiger partial charge < -0.3 is 19.9 Å². The Morgan fingerprint density at radius 3 is 2.68 bits per heavy atom. The van der Waals surface area contributed by atoms with Gasteiger partial charge in [-0.3, -0.25) is 4.99 Å². The molecular formula is C18H30IN5O. The van der Waals surface area contributed by atoms with Crippen LogP contribution in [-0.2, 0) is 11.3 Å². The van der Waals surface area contributed by atoms with Crippen molar-refractivity contribution in [1.82, 2.24) is 20.2 Å². The highest BCUT2D eigenvalue weighted by atomic mass is 127. The Bertz CT molecular complexity index is 696. The number of aromatic nitrogens is 2. The second-order valence-corrected chi connectivity index (χ2v) is 6.39. The molecule has 0 saturated carbocycles. The van der Waals surface area contributed by atoms with Gasteiger partial charge in [-0.2, -0.15) is 0 Å². The van der Waals surface area contributed by atoms with Crippen molar-refractivity contribution in [1.29, 1.82) is 0 Å². The molecular weight excluding hydrogens is 429 g/mol. The smallest absolute Gasteiger partial charge is 0.191 e. The zero-order valence-electron chi connectivity index (χ0n) is 15.8. The minimum absolute atomic E-state index is 0. The third kappa shape index (κ3) is 6.14. The molecule has 6 nitrogen and oxygen atoms in total. The van der Waals surface area contributed by atoms with Gasteiger partial charge >= 0.3 is 0 Å². The number of hydrogen-bond donors (Lipinski definition) is 2. The summed E-state index contributed by atoms with van der Waals surface area (Å²) in [6.07, 6.45) is 0. The first-order valence-corrected chi connectivity index (χ1v) is 8.46. The van der Waals surface area contributed by atoms with Gasteiger partial charge in [0.25, 0.3) is 0 Å². The maximum absolute atomic E-state index is 5.42. The van der Waals surface area contributed by atoms with Crippen molar-refractivity contribution in [2.45, 2.75) is 39.8 Å². The largest absolute Gasteiger partial charge is 0.377 e. The number of aryl methyl sites for hydroxylation is 1. The van der Waals surface area contributed by atoms with Crippen molar-refractivity contribution < 1.29 is 4.74 Å². The minimum atomic E-state index is -0.264. The van der Waals surface area contributed by atoms with Crippen molar-refractivity contribution in [2.75, 3.05) is 26.7 Å². The highest BCUT2D eigenvalue weighted by Gasteiger charge is 2.15. The van der Waals surface area contributed by atoms with Gasteiger partial charge in [-0.05, 0) is 39.8 Å². The maximum Gasteiger partial charge on any atom is 0.191 e. The first-order valence-electron chi connectivity index (χ1n) is 8.46. The van der Waals surface area contributed by atoms with E-state index in [1.54, 1.807) is 7.11 Å². The molecule has 140 valence electrons. The number of halogens is 1. The molecule has 0 aliphatic rings. The van der Waals surface area contributed by atoms with E-state index >= 15 is 0 Å². The zero-order chi connectivity index (χ0) is 17.6. The number of benzene rings is 1. The third-order valence-electron chi connectivity index (χ3n) is 3.99. The van der Waals surface area contributed by atoms with Crippen LogP contribution in [0.3, 0.4) is 0 Å². The molecule has 0 aliphatic carbocycles. The predicted octanol–water partition coefficient (Wildman–Crippen LogP) is 2.94. The lowest BCUT2D eigenvalue weighted by Crippen LogP contribution is -2.40. The highest BCUT2D eigenvalue weighted by Crippen LogP contribution is 2.14. The van der Waals surface area contributed by atoms with Crippen LogP contribution >= 0.6 is 24.0 Å². The SMILES string of the molecule is CCNC(=NCC(C)(C)OC)NCCn1c(C)nc2ccccc21.I. The summed E-state index contributed by atoms with van der Waals surface area (Å²) < 4.78 is 7.65. The number of ether oxygens (including phenoxy) is 1. The van der Waals surface area contributed by atoms with Crippen LogP contribution in [-0.4, -0.2) is 47.9 Å². The number of aliphatic imine (C=N–C) groups is 1. The van der Waals surface area contributed by atoms with Crippen LogP contribution in [0.15, 0.2) is 29.3 Å². The van der Waals surface area contributed by atoms with Crippen molar-refractivity contribution in [3.05, 3.63) is 30.1 Å². The summed E-state index contributed by atoms with van der Waals surface area (Å²) in [7, 11) is 1.71. The molecule has 2 aromatic rings. The summed E-state index contributed by atoms with van der Waals surface area (Å²) >= 11 is 0. The fourth-order valence-electron chi connectivity index (χ4n) is 2.44. The number of rotatable bonds is 7. The van der Waals surface area contributed by atoms with Crippen molar-refractivity contribution >= 4 is 41.0 Å². The lowest BCUT2D eigenvalue weighted by atomic mass is 10.1. The molecule has 0 unspecified atom stereocenters. The van der Waals surface area contributed by atoms with Crippen LogP contribution in [0, 0.1) is 6.92 Å². The van der Waals surface area contributed by atoms with Gasteiger partial charge in [0.2, 0.25) is 0 Å². The van der Waals surface area contributed by atoms with Crippen molar-refractivity contribution in [3.63, 3.8) is 0 Å². The summed E-state index contributed by atoms with van der Waals surface area (Å²) in [5, 5.41) is 6.65. The van der Waals surface area contributed by atoms with E-state index in [0.29, 0.717) is 6.54 Å². The summed E-state index contributed by atoms with van der Waals surface area (Å²) in [6.45, 7) is 11.2. The number of guanidine groups is 1. The van der Waals surface area contributed by atoms with Crippen molar-refractivity contribution in [2.24, 2.45) is 4.99 Å². The first-order chi connectivity index (χ1) is 11.5. The van der Waals surface area contributed by atoms with Gasteiger partial charge in [-0.25, -0.2) is 4.98 Å². The third-order valence-corrected chi connectivity index (χ3v) is 3.99. The second kappa shape index (κ2) is 9.96. The molecule has 1 aromatic carbocycles. The monoisotopic (exact) mass is 459 g/mol. The Kier molecular flexibility index (Phi) is 8.64. The van der Waals surface area contributed by atoms with Crippen LogP contribution in [0.5, 0.6) is 0 Å². The summed E-state index contributed by atoms with van der Waals surface area (Å²) in [5.41, 5.74) is 1.94. The second-order valence-electron chi connectivity index (χ2n) is 6.39. The van der Waals surface area contributed by atoms with Gasteiger partial charge in [-0.1, -0.05) is 12.1 Å². The molecule has 0 saturated heterocycles. The molecule has 2 N–H and O–H groups in total. The van der Waals surface area contributed by atoms with E-state index in [1.165, 1.54) is 5.52 Å². The molecule has 0 atom stereocenters. The Morgan fingerprint density at radius 1 is 1.28 bits per heavy atom. The van der Waals surface area contributed by atoms with Crippen LogP contribution in [0.1, 0.15) is 26.6 Å². The number of hydrogen-bond acceptors (Lipinski definition) is 3. The van der Waals surface area contributed by atoms with Gasteiger partial charge in [0.1, 0.15) is 5.82 Å². The lowest BCUT2D eigenvalue weighted by molar-refractivity contribution is 0.0310. The van der Waals surface area contributed by atoms with Gasteiger partial charge in [0.05, 0.1) is 23.2 Å². The quantitative estimate of drug-likeness (QED) is 0.380. The molecule has 25 heavy (non-hydrogen) atoms. The van der Waals surface area contributed by atoms with Gasteiger partial charge in [0, 0.05) is 26.7 Å². The summed E-state index contributed by atoms with van der Waals surface area (Å²) in [6, 6.07) is 8.22. The number of nitrogens with one attached hydrogen (secondary N) is 2. The molecule has 0 radical (unpaired) electrons. The topological polar surface area (TPSA) is 63.5 Å². The number of nitrogens with zero attached hydrogens (tertiary/aromatic N) is 3. The Morgan fingerprint density at radius 2 is 2.00 bits per heavy atom. The molecule has 0 spiro atoms. The van der Waals surface area contributed by atoms with E-state index in [1.807, 2.05) is 39.0 Å².